The molecule has 1 aliphatic rings. The topological polar surface area (TPSA) is 76.1 Å². The molecule has 188 valence electrons. The summed E-state index contributed by atoms with van der Waals surface area (Å²) < 4.78 is 42.8. The first-order valence-electron chi connectivity index (χ1n) is 12.6. The summed E-state index contributed by atoms with van der Waals surface area (Å²) in [5.41, 5.74) is 3.83. The number of hydrogen-bond acceptors (Lipinski definition) is 5. The molecule has 0 fully saturated rings. The second-order valence-electron chi connectivity index (χ2n) is 9.23. The van der Waals surface area contributed by atoms with Crippen molar-refractivity contribution in [3.63, 3.8) is 0 Å². The van der Waals surface area contributed by atoms with Crippen LogP contribution in [-0.4, -0.2) is 43.7 Å². The van der Waals surface area contributed by atoms with E-state index in [1.54, 1.807) is 0 Å². The molecule has 6 nitrogen and oxygen atoms in total. The zero-order chi connectivity index (χ0) is 24.2. The number of fused-ring (bicyclic) bond motifs is 1. The van der Waals surface area contributed by atoms with E-state index in [1.165, 1.54) is 61.6 Å². The minimum atomic E-state index is -4.57. The van der Waals surface area contributed by atoms with Crippen molar-refractivity contribution in [2.75, 3.05) is 19.7 Å². The van der Waals surface area contributed by atoms with Crippen LogP contribution in [0.25, 0.3) is 0 Å². The summed E-state index contributed by atoms with van der Waals surface area (Å²) in [5.74, 6) is 0.663. The quantitative estimate of drug-likeness (QED) is 0.259. The maximum Gasteiger partial charge on any atom is 0.397 e. The van der Waals surface area contributed by atoms with Crippen molar-refractivity contribution >= 4 is 10.4 Å². The Morgan fingerprint density at radius 2 is 1.62 bits per heavy atom. The van der Waals surface area contributed by atoms with E-state index in [0.29, 0.717) is 12.3 Å². The van der Waals surface area contributed by atoms with Crippen LogP contribution in [0.5, 0.6) is 5.75 Å². The Labute approximate surface area is 205 Å². The lowest BCUT2D eigenvalue weighted by atomic mass is 10.00. The van der Waals surface area contributed by atoms with Crippen molar-refractivity contribution in [2.24, 2.45) is 0 Å². The standard InChI is InChI=1S/C27H39NO5S/c1-2-3-4-5-6-7-8-11-23-14-16-26(17-15-23)32-22-27(33-34(29,30)31)21-28-19-18-24-12-9-10-13-25(24)20-28/h9-10,12-17,27H,2-8,11,18-22H2,1H3,(H,29,30,31). The molecule has 1 atom stereocenters. The third-order valence-corrected chi connectivity index (χ3v) is 6.87. The molecule has 1 heterocycles. The zero-order valence-electron chi connectivity index (χ0n) is 20.3. The Hall–Kier alpha value is -1.93. The number of rotatable bonds is 15. The van der Waals surface area contributed by atoms with Gasteiger partial charge in [-0.3, -0.25) is 9.45 Å². The van der Waals surface area contributed by atoms with Crippen LogP contribution in [-0.2, 0) is 34.0 Å². The number of benzene rings is 2. The number of nitrogens with zero attached hydrogens (tertiary/aromatic N) is 1. The van der Waals surface area contributed by atoms with Crippen LogP contribution < -0.4 is 4.74 Å². The molecule has 1 unspecified atom stereocenters. The summed E-state index contributed by atoms with van der Waals surface area (Å²) in [4.78, 5) is 2.13. The molecule has 0 saturated heterocycles. The van der Waals surface area contributed by atoms with E-state index in [0.717, 1.165) is 25.9 Å². The Kier molecular flexibility index (Phi) is 10.8. The number of unbranched alkanes of at least 4 members (excludes halogenated alkanes) is 6. The lowest BCUT2D eigenvalue weighted by Crippen LogP contribution is -2.41. The van der Waals surface area contributed by atoms with Crippen LogP contribution in [0.1, 0.15) is 68.6 Å². The minimum absolute atomic E-state index is 0.0367. The van der Waals surface area contributed by atoms with Crippen LogP contribution in [0.2, 0.25) is 0 Å². The first-order valence-corrected chi connectivity index (χ1v) is 14.0. The van der Waals surface area contributed by atoms with Crippen molar-refractivity contribution in [3.05, 3.63) is 65.2 Å². The van der Waals surface area contributed by atoms with Crippen molar-refractivity contribution in [2.45, 2.75) is 77.4 Å². The van der Waals surface area contributed by atoms with E-state index in [-0.39, 0.29) is 6.61 Å². The molecule has 0 saturated carbocycles. The molecule has 1 aliphatic heterocycles. The van der Waals surface area contributed by atoms with Crippen molar-refractivity contribution < 1.29 is 21.9 Å². The van der Waals surface area contributed by atoms with E-state index in [9.17, 15) is 13.0 Å². The number of aryl methyl sites for hydroxylation is 1. The molecule has 2 aromatic rings. The summed E-state index contributed by atoms with van der Waals surface area (Å²) in [7, 11) is -4.57. The molecule has 0 bridgehead atoms. The second kappa shape index (κ2) is 13.8. The Bertz CT molecular complexity index is 961. The fourth-order valence-corrected chi connectivity index (χ4v) is 4.97. The predicted molar refractivity (Wildman–Crippen MR) is 135 cm³/mol. The number of hydrogen-bond donors (Lipinski definition) is 1. The lowest BCUT2D eigenvalue weighted by Gasteiger charge is -2.31. The molecule has 0 radical (unpaired) electrons. The van der Waals surface area contributed by atoms with Gasteiger partial charge in [0.05, 0.1) is 0 Å². The summed E-state index contributed by atoms with van der Waals surface area (Å²) in [5, 5.41) is 0. The normalized spacial score (nSPS) is 15.1. The van der Waals surface area contributed by atoms with Crippen molar-refractivity contribution in [1.29, 1.82) is 0 Å². The van der Waals surface area contributed by atoms with Crippen LogP contribution in [0, 0.1) is 0 Å². The Balaban J connectivity index is 1.45. The van der Waals surface area contributed by atoms with Gasteiger partial charge >= 0.3 is 10.4 Å². The van der Waals surface area contributed by atoms with E-state index in [2.05, 4.69) is 36.1 Å². The van der Waals surface area contributed by atoms with E-state index in [1.807, 2.05) is 24.3 Å². The van der Waals surface area contributed by atoms with Gasteiger partial charge in [0.2, 0.25) is 0 Å². The van der Waals surface area contributed by atoms with Crippen LogP contribution in [0.3, 0.4) is 0 Å². The summed E-state index contributed by atoms with van der Waals surface area (Å²) in [6.45, 7) is 4.15. The highest BCUT2D eigenvalue weighted by molar-refractivity contribution is 7.80. The molecular weight excluding hydrogens is 450 g/mol. The molecule has 1 N–H and O–H groups in total. The molecule has 0 aromatic heterocycles. The molecule has 0 amide bonds. The third-order valence-electron chi connectivity index (χ3n) is 6.36. The Morgan fingerprint density at radius 1 is 0.941 bits per heavy atom. The Morgan fingerprint density at radius 3 is 2.32 bits per heavy atom. The first-order chi connectivity index (χ1) is 16.4. The van der Waals surface area contributed by atoms with Crippen LogP contribution in [0.15, 0.2) is 48.5 Å². The second-order valence-corrected chi connectivity index (χ2v) is 10.3. The van der Waals surface area contributed by atoms with Gasteiger partial charge in [-0.2, -0.15) is 8.42 Å². The van der Waals surface area contributed by atoms with Gasteiger partial charge in [0, 0.05) is 19.6 Å². The van der Waals surface area contributed by atoms with Gasteiger partial charge in [0.25, 0.3) is 0 Å². The zero-order valence-corrected chi connectivity index (χ0v) is 21.1. The van der Waals surface area contributed by atoms with Crippen LogP contribution >= 0.6 is 0 Å². The fraction of sp³-hybridized carbons (Fsp3) is 0.556. The molecule has 7 heteroatoms. The van der Waals surface area contributed by atoms with Gasteiger partial charge in [-0.1, -0.05) is 81.8 Å². The predicted octanol–water partition coefficient (Wildman–Crippen LogP) is 5.60. The molecule has 0 spiro atoms. The van der Waals surface area contributed by atoms with Gasteiger partial charge in [0.15, 0.2) is 0 Å². The molecule has 3 rings (SSSR count). The lowest BCUT2D eigenvalue weighted by molar-refractivity contribution is 0.0764. The van der Waals surface area contributed by atoms with Crippen molar-refractivity contribution in [1.82, 2.24) is 4.90 Å². The highest BCUT2D eigenvalue weighted by Crippen LogP contribution is 2.20. The SMILES string of the molecule is CCCCCCCCCc1ccc(OCC(CN2CCc3ccccc3C2)OS(=O)(=O)O)cc1. The van der Waals surface area contributed by atoms with Gasteiger partial charge < -0.3 is 4.74 Å². The third kappa shape index (κ3) is 9.74. The summed E-state index contributed by atoms with van der Waals surface area (Å²) in [6.07, 6.45) is 10.2. The van der Waals surface area contributed by atoms with Crippen LogP contribution in [0.4, 0.5) is 0 Å². The smallest absolute Gasteiger partial charge is 0.397 e. The van der Waals surface area contributed by atoms with Gasteiger partial charge in [-0.15, -0.1) is 0 Å². The fourth-order valence-electron chi connectivity index (χ4n) is 4.51. The minimum Gasteiger partial charge on any atom is -0.491 e. The molecule has 34 heavy (non-hydrogen) atoms. The monoisotopic (exact) mass is 489 g/mol. The molecule has 0 aliphatic carbocycles. The van der Waals surface area contributed by atoms with Gasteiger partial charge in [-0.25, -0.2) is 4.18 Å². The van der Waals surface area contributed by atoms with E-state index in [4.69, 9.17) is 8.92 Å². The first kappa shape index (κ1) is 26.7. The highest BCUT2D eigenvalue weighted by atomic mass is 32.3. The van der Waals surface area contributed by atoms with Gasteiger partial charge in [0.1, 0.15) is 18.5 Å². The van der Waals surface area contributed by atoms with E-state index < -0.39 is 16.5 Å². The maximum atomic E-state index is 11.4. The van der Waals surface area contributed by atoms with Crippen molar-refractivity contribution in [3.8, 4) is 5.75 Å². The number of ether oxygens (including phenoxy) is 1. The average Bonchev–Trinajstić information content (AvgIpc) is 2.82. The highest BCUT2D eigenvalue weighted by Gasteiger charge is 2.24. The molecule has 2 aromatic carbocycles. The van der Waals surface area contributed by atoms with E-state index >= 15 is 0 Å². The summed E-state index contributed by atoms with van der Waals surface area (Å²) in [6, 6.07) is 16.2. The summed E-state index contributed by atoms with van der Waals surface area (Å²) >= 11 is 0. The largest absolute Gasteiger partial charge is 0.491 e. The average molecular weight is 490 g/mol. The molecular formula is C27H39NO5S. The van der Waals surface area contributed by atoms with Gasteiger partial charge in [-0.05, 0) is 48.1 Å². The maximum absolute atomic E-state index is 11.4.